The van der Waals surface area contributed by atoms with E-state index in [2.05, 4.69) is 22.8 Å². The number of ether oxygens (including phenoxy) is 1. The number of aliphatic hydroxyl groups excluding tert-OH is 1. The van der Waals surface area contributed by atoms with Gasteiger partial charge < -0.3 is 20.5 Å². The Morgan fingerprint density at radius 1 is 0.969 bits per heavy atom. The van der Waals surface area contributed by atoms with Crippen molar-refractivity contribution in [1.29, 1.82) is 0 Å². The lowest BCUT2D eigenvalue weighted by atomic mass is 9.85. The molecule has 1 heterocycles. The summed E-state index contributed by atoms with van der Waals surface area (Å²) >= 11 is 0. The molecular weight excluding hydrogens is 400 g/mol. The van der Waals surface area contributed by atoms with Crippen LogP contribution in [0.4, 0.5) is 0 Å². The highest BCUT2D eigenvalue weighted by Gasteiger charge is 2.42. The van der Waals surface area contributed by atoms with Gasteiger partial charge in [0.2, 0.25) is 0 Å². The normalized spacial score (nSPS) is 19.0. The number of carbonyl (C=O) groups is 1. The minimum atomic E-state index is -0.768. The third-order valence-electron chi connectivity index (χ3n) is 5.92. The lowest BCUT2D eigenvalue weighted by Crippen LogP contribution is -2.52. The van der Waals surface area contributed by atoms with E-state index in [-0.39, 0.29) is 11.9 Å². The molecule has 5 nitrogen and oxygen atoms in total. The quantitative estimate of drug-likeness (QED) is 0.530. The third kappa shape index (κ3) is 5.01. The SMILES string of the molecule is CC1(C)Oc2ccc(C(=O)NCCc3ccccc3)cc2C(NCc2ccccc2)C1O. The zero-order chi connectivity index (χ0) is 22.6. The van der Waals surface area contributed by atoms with Crippen LogP contribution in [0.25, 0.3) is 0 Å². The molecule has 0 aliphatic carbocycles. The van der Waals surface area contributed by atoms with E-state index >= 15 is 0 Å². The number of fused-ring (bicyclic) bond motifs is 1. The topological polar surface area (TPSA) is 70.6 Å². The van der Waals surface area contributed by atoms with Crippen LogP contribution >= 0.6 is 0 Å². The van der Waals surface area contributed by atoms with Gasteiger partial charge in [0.05, 0.1) is 6.04 Å². The van der Waals surface area contributed by atoms with Crippen molar-refractivity contribution in [2.24, 2.45) is 0 Å². The molecule has 4 rings (SSSR count). The van der Waals surface area contributed by atoms with Crippen LogP contribution in [0.5, 0.6) is 5.75 Å². The fourth-order valence-corrected chi connectivity index (χ4v) is 4.05. The zero-order valence-electron chi connectivity index (χ0n) is 18.5. The maximum absolute atomic E-state index is 12.8. The molecule has 3 aromatic rings. The lowest BCUT2D eigenvalue weighted by molar-refractivity contribution is -0.0649. The first-order valence-electron chi connectivity index (χ1n) is 11.0. The summed E-state index contributed by atoms with van der Waals surface area (Å²) in [4.78, 5) is 12.8. The molecule has 2 unspecified atom stereocenters. The Labute approximate surface area is 189 Å². The van der Waals surface area contributed by atoms with Crippen molar-refractivity contribution >= 4 is 5.91 Å². The second kappa shape index (κ2) is 9.55. The van der Waals surface area contributed by atoms with E-state index in [1.54, 1.807) is 6.07 Å². The maximum atomic E-state index is 12.8. The van der Waals surface area contributed by atoms with Crippen LogP contribution in [0.15, 0.2) is 78.9 Å². The second-order valence-electron chi connectivity index (χ2n) is 8.74. The monoisotopic (exact) mass is 430 g/mol. The molecule has 0 bridgehead atoms. The Morgan fingerprint density at radius 2 is 1.62 bits per heavy atom. The van der Waals surface area contributed by atoms with Crippen LogP contribution in [0.3, 0.4) is 0 Å². The average molecular weight is 431 g/mol. The molecule has 3 aromatic carbocycles. The Hall–Kier alpha value is -3.15. The first kappa shape index (κ1) is 22.1. The van der Waals surface area contributed by atoms with E-state index in [0.29, 0.717) is 24.4 Å². The summed E-state index contributed by atoms with van der Waals surface area (Å²) in [5.41, 5.74) is 2.91. The van der Waals surface area contributed by atoms with Crippen molar-refractivity contribution in [2.45, 2.75) is 44.6 Å². The fourth-order valence-electron chi connectivity index (χ4n) is 4.05. The van der Waals surface area contributed by atoms with Crippen molar-refractivity contribution in [2.75, 3.05) is 6.54 Å². The van der Waals surface area contributed by atoms with Crippen LogP contribution in [0, 0.1) is 0 Å². The largest absolute Gasteiger partial charge is 0.485 e. The van der Waals surface area contributed by atoms with Gasteiger partial charge in [-0.05, 0) is 49.6 Å². The fraction of sp³-hybridized carbons (Fsp3) is 0.296. The average Bonchev–Trinajstić information content (AvgIpc) is 2.80. The first-order valence-corrected chi connectivity index (χ1v) is 11.0. The Morgan fingerprint density at radius 3 is 2.31 bits per heavy atom. The van der Waals surface area contributed by atoms with Gasteiger partial charge in [0, 0.05) is 24.2 Å². The number of aliphatic hydroxyl groups is 1. The summed E-state index contributed by atoms with van der Waals surface area (Å²) in [6, 6.07) is 25.2. The molecule has 3 N–H and O–H groups in total. The van der Waals surface area contributed by atoms with Crippen molar-refractivity contribution in [3.63, 3.8) is 0 Å². The number of carbonyl (C=O) groups excluding carboxylic acids is 1. The summed E-state index contributed by atoms with van der Waals surface area (Å²) in [5.74, 6) is 0.552. The number of amides is 1. The van der Waals surface area contributed by atoms with Crippen LogP contribution in [0.1, 0.15) is 46.9 Å². The minimum absolute atomic E-state index is 0.134. The van der Waals surface area contributed by atoms with E-state index < -0.39 is 11.7 Å². The first-order chi connectivity index (χ1) is 15.4. The summed E-state index contributed by atoms with van der Waals surface area (Å²) in [6.45, 7) is 4.91. The van der Waals surface area contributed by atoms with Gasteiger partial charge in [0.1, 0.15) is 17.5 Å². The van der Waals surface area contributed by atoms with Crippen molar-refractivity contribution in [1.82, 2.24) is 10.6 Å². The van der Waals surface area contributed by atoms with Crippen molar-refractivity contribution in [3.8, 4) is 5.75 Å². The summed E-state index contributed by atoms with van der Waals surface area (Å²) in [6.07, 6.45) is 0.00419. The molecule has 0 spiro atoms. The molecule has 5 heteroatoms. The van der Waals surface area contributed by atoms with Gasteiger partial charge in [-0.25, -0.2) is 0 Å². The summed E-state index contributed by atoms with van der Waals surface area (Å²) in [5, 5.41) is 17.5. The predicted octanol–water partition coefficient (Wildman–Crippen LogP) is 4.02. The van der Waals surface area contributed by atoms with Gasteiger partial charge in [-0.15, -0.1) is 0 Å². The molecule has 1 amide bonds. The molecule has 0 saturated carbocycles. The molecular formula is C27H30N2O3. The minimum Gasteiger partial charge on any atom is -0.485 e. The molecule has 0 radical (unpaired) electrons. The number of rotatable bonds is 7. The van der Waals surface area contributed by atoms with Gasteiger partial charge in [0.15, 0.2) is 0 Å². The number of nitrogens with one attached hydrogen (secondary N) is 2. The van der Waals surface area contributed by atoms with Crippen molar-refractivity contribution in [3.05, 3.63) is 101 Å². The lowest BCUT2D eigenvalue weighted by Gasteiger charge is -2.42. The standard InChI is InChI=1S/C27H30N2O3/c1-27(2)25(30)24(29-18-20-11-7-4-8-12-20)22-17-21(13-14-23(22)32-27)26(31)28-16-15-19-9-5-3-6-10-19/h3-14,17,24-25,29-30H,15-16,18H2,1-2H3,(H,28,31). The van der Waals surface area contributed by atoms with Crippen LogP contribution in [-0.4, -0.2) is 29.3 Å². The Bertz CT molecular complexity index is 1050. The van der Waals surface area contributed by atoms with Crippen LogP contribution in [0.2, 0.25) is 0 Å². The molecule has 0 saturated heterocycles. The van der Waals surface area contributed by atoms with E-state index in [0.717, 1.165) is 17.5 Å². The summed E-state index contributed by atoms with van der Waals surface area (Å²) in [7, 11) is 0. The van der Waals surface area contributed by atoms with E-state index in [9.17, 15) is 9.90 Å². The van der Waals surface area contributed by atoms with E-state index in [1.807, 2.05) is 74.5 Å². The van der Waals surface area contributed by atoms with Gasteiger partial charge in [-0.1, -0.05) is 60.7 Å². The van der Waals surface area contributed by atoms with E-state index in [4.69, 9.17) is 4.74 Å². The van der Waals surface area contributed by atoms with Crippen LogP contribution < -0.4 is 15.4 Å². The molecule has 1 aliphatic heterocycles. The highest BCUT2D eigenvalue weighted by atomic mass is 16.5. The Balaban J connectivity index is 1.50. The van der Waals surface area contributed by atoms with Gasteiger partial charge >= 0.3 is 0 Å². The second-order valence-corrected chi connectivity index (χ2v) is 8.74. The number of hydrogen-bond donors (Lipinski definition) is 3. The maximum Gasteiger partial charge on any atom is 0.251 e. The van der Waals surface area contributed by atoms with E-state index in [1.165, 1.54) is 5.56 Å². The number of hydrogen-bond acceptors (Lipinski definition) is 4. The Kier molecular flexibility index (Phi) is 6.58. The number of benzene rings is 3. The smallest absolute Gasteiger partial charge is 0.251 e. The molecule has 166 valence electrons. The van der Waals surface area contributed by atoms with Crippen molar-refractivity contribution < 1.29 is 14.6 Å². The molecule has 32 heavy (non-hydrogen) atoms. The molecule has 2 atom stereocenters. The molecule has 1 aliphatic rings. The van der Waals surface area contributed by atoms with Gasteiger partial charge in [-0.3, -0.25) is 4.79 Å². The van der Waals surface area contributed by atoms with Gasteiger partial charge in [0.25, 0.3) is 5.91 Å². The third-order valence-corrected chi connectivity index (χ3v) is 5.92. The predicted molar refractivity (Wildman–Crippen MR) is 126 cm³/mol. The van der Waals surface area contributed by atoms with Crippen LogP contribution in [-0.2, 0) is 13.0 Å². The molecule has 0 aromatic heterocycles. The highest BCUT2D eigenvalue weighted by molar-refractivity contribution is 5.94. The summed E-state index contributed by atoms with van der Waals surface area (Å²) < 4.78 is 6.07. The highest BCUT2D eigenvalue weighted by Crippen LogP contribution is 2.40. The van der Waals surface area contributed by atoms with Gasteiger partial charge in [-0.2, -0.15) is 0 Å². The molecule has 0 fully saturated rings. The zero-order valence-corrected chi connectivity index (χ0v) is 18.5.